The zero-order chi connectivity index (χ0) is 24.6. The molecule has 0 bridgehead atoms. The SMILES string of the molecule is Cc1nc(OCCCc2ccccc2)nc(N2CCCCC2)n1.c1ccc2c(c1)oc1ccccc12. The summed E-state index contributed by atoms with van der Waals surface area (Å²) < 4.78 is 11.4. The van der Waals surface area contributed by atoms with Gasteiger partial charge in [-0.05, 0) is 56.7 Å². The number of benzene rings is 3. The van der Waals surface area contributed by atoms with Crippen LogP contribution in [0.1, 0.15) is 37.1 Å². The fraction of sp³-hybridized carbons (Fsp3) is 0.300. The first-order valence-corrected chi connectivity index (χ1v) is 12.8. The average Bonchev–Trinajstić information content (AvgIpc) is 3.31. The van der Waals surface area contributed by atoms with Crippen LogP contribution in [-0.4, -0.2) is 34.6 Å². The Bertz CT molecular complexity index is 1340. The molecule has 0 spiro atoms. The van der Waals surface area contributed by atoms with Gasteiger partial charge in [0.25, 0.3) is 0 Å². The molecule has 0 unspecified atom stereocenters. The lowest BCUT2D eigenvalue weighted by Gasteiger charge is -2.26. The van der Waals surface area contributed by atoms with E-state index in [-0.39, 0.29) is 0 Å². The molecule has 0 N–H and O–H groups in total. The van der Waals surface area contributed by atoms with Crippen molar-refractivity contribution in [2.75, 3.05) is 24.6 Å². The zero-order valence-corrected chi connectivity index (χ0v) is 20.8. The molecule has 6 nitrogen and oxygen atoms in total. The van der Waals surface area contributed by atoms with E-state index >= 15 is 0 Å². The Labute approximate surface area is 212 Å². The van der Waals surface area contributed by atoms with E-state index in [0.717, 1.165) is 48.9 Å². The van der Waals surface area contributed by atoms with Gasteiger partial charge < -0.3 is 14.1 Å². The standard InChI is InChI=1S/C18H24N4O.C12H8O/c1-15-19-17(22-12-6-3-7-13-22)21-18(20-15)23-14-8-11-16-9-4-2-5-10-16;1-3-7-11-9(5-1)10-6-2-4-8-12(10)13-11/h2,4-5,9-10H,3,6-8,11-14H2,1H3;1-8H. The summed E-state index contributed by atoms with van der Waals surface area (Å²) in [7, 11) is 0. The summed E-state index contributed by atoms with van der Waals surface area (Å²) in [5.41, 5.74) is 3.25. The monoisotopic (exact) mass is 480 g/mol. The Balaban J connectivity index is 0.000000172. The van der Waals surface area contributed by atoms with Crippen molar-refractivity contribution < 1.29 is 9.15 Å². The number of fused-ring (bicyclic) bond motifs is 3. The summed E-state index contributed by atoms with van der Waals surface area (Å²) in [6.45, 7) is 4.57. The van der Waals surface area contributed by atoms with Gasteiger partial charge in [-0.25, -0.2) is 0 Å². The minimum absolute atomic E-state index is 0.450. The van der Waals surface area contributed by atoms with Crippen LogP contribution >= 0.6 is 0 Å². The van der Waals surface area contributed by atoms with Crippen molar-refractivity contribution in [3.63, 3.8) is 0 Å². The van der Waals surface area contributed by atoms with Crippen molar-refractivity contribution in [1.82, 2.24) is 15.0 Å². The number of hydrogen-bond acceptors (Lipinski definition) is 6. The normalized spacial score (nSPS) is 13.4. The maximum absolute atomic E-state index is 5.75. The van der Waals surface area contributed by atoms with Crippen LogP contribution in [-0.2, 0) is 6.42 Å². The highest BCUT2D eigenvalue weighted by Crippen LogP contribution is 2.27. The van der Waals surface area contributed by atoms with Gasteiger partial charge in [0.15, 0.2) is 0 Å². The first-order valence-electron chi connectivity index (χ1n) is 12.8. The number of anilines is 1. The highest BCUT2D eigenvalue weighted by Gasteiger charge is 2.15. The van der Waals surface area contributed by atoms with E-state index in [1.165, 1.54) is 35.6 Å². The van der Waals surface area contributed by atoms with Gasteiger partial charge >= 0.3 is 6.01 Å². The first-order chi connectivity index (χ1) is 17.8. The number of para-hydroxylation sites is 2. The van der Waals surface area contributed by atoms with Crippen LogP contribution in [0.3, 0.4) is 0 Å². The third-order valence-corrected chi connectivity index (χ3v) is 6.32. The van der Waals surface area contributed by atoms with Crippen molar-refractivity contribution >= 4 is 27.9 Å². The molecule has 6 heteroatoms. The van der Waals surface area contributed by atoms with Crippen LogP contribution in [0.15, 0.2) is 83.3 Å². The van der Waals surface area contributed by atoms with E-state index in [4.69, 9.17) is 9.15 Å². The lowest BCUT2D eigenvalue weighted by Crippen LogP contribution is -2.31. The molecule has 0 amide bonds. The fourth-order valence-electron chi connectivity index (χ4n) is 4.50. The van der Waals surface area contributed by atoms with Crippen LogP contribution in [0.2, 0.25) is 0 Å². The third kappa shape index (κ3) is 6.00. The molecule has 0 radical (unpaired) electrons. The third-order valence-electron chi connectivity index (χ3n) is 6.32. The number of ether oxygens (including phenoxy) is 1. The Morgan fingerprint density at radius 3 is 2.08 bits per heavy atom. The number of aromatic nitrogens is 3. The quantitative estimate of drug-likeness (QED) is 0.250. The summed E-state index contributed by atoms with van der Waals surface area (Å²) in [4.78, 5) is 15.5. The minimum Gasteiger partial charge on any atom is -0.463 e. The van der Waals surface area contributed by atoms with Crippen molar-refractivity contribution in [3.8, 4) is 6.01 Å². The first kappa shape index (κ1) is 23.8. The lowest BCUT2D eigenvalue weighted by molar-refractivity contribution is 0.284. The van der Waals surface area contributed by atoms with Crippen molar-refractivity contribution in [1.29, 1.82) is 0 Å². The van der Waals surface area contributed by atoms with Gasteiger partial charge in [-0.1, -0.05) is 66.7 Å². The molecular weight excluding hydrogens is 448 g/mol. The highest BCUT2D eigenvalue weighted by atomic mass is 16.5. The molecule has 0 saturated carbocycles. The van der Waals surface area contributed by atoms with E-state index in [1.807, 2.05) is 49.4 Å². The van der Waals surface area contributed by atoms with Crippen LogP contribution in [0, 0.1) is 6.92 Å². The lowest BCUT2D eigenvalue weighted by atomic mass is 10.1. The minimum atomic E-state index is 0.450. The Kier molecular flexibility index (Phi) is 7.71. The molecule has 3 aromatic carbocycles. The average molecular weight is 481 g/mol. The number of nitrogens with zero attached hydrogens (tertiary/aromatic N) is 4. The predicted molar refractivity (Wildman–Crippen MR) is 145 cm³/mol. The smallest absolute Gasteiger partial charge is 0.321 e. The van der Waals surface area contributed by atoms with Crippen molar-refractivity contribution in [3.05, 3.63) is 90.3 Å². The summed E-state index contributed by atoms with van der Waals surface area (Å²) in [5.74, 6) is 1.48. The fourth-order valence-corrected chi connectivity index (χ4v) is 4.50. The molecular formula is C30H32N4O2. The molecule has 0 aliphatic carbocycles. The van der Waals surface area contributed by atoms with Crippen LogP contribution in [0.5, 0.6) is 6.01 Å². The van der Waals surface area contributed by atoms with Gasteiger partial charge in [0.1, 0.15) is 17.0 Å². The topological polar surface area (TPSA) is 64.3 Å². The molecule has 36 heavy (non-hydrogen) atoms. The number of furan rings is 1. The largest absolute Gasteiger partial charge is 0.463 e. The molecule has 2 aromatic heterocycles. The van der Waals surface area contributed by atoms with E-state index in [2.05, 4.69) is 56.3 Å². The van der Waals surface area contributed by atoms with Crippen LogP contribution in [0.4, 0.5) is 5.95 Å². The molecule has 0 atom stereocenters. The molecule has 184 valence electrons. The Morgan fingerprint density at radius 2 is 1.39 bits per heavy atom. The van der Waals surface area contributed by atoms with E-state index in [9.17, 15) is 0 Å². The van der Waals surface area contributed by atoms with Crippen molar-refractivity contribution in [2.24, 2.45) is 0 Å². The highest BCUT2D eigenvalue weighted by molar-refractivity contribution is 6.04. The predicted octanol–water partition coefficient (Wildman–Crippen LogP) is 6.77. The Morgan fingerprint density at radius 1 is 0.750 bits per heavy atom. The van der Waals surface area contributed by atoms with Gasteiger partial charge in [-0.3, -0.25) is 0 Å². The van der Waals surface area contributed by atoms with E-state index in [0.29, 0.717) is 12.6 Å². The number of aryl methyl sites for hydroxylation is 2. The molecule has 5 aromatic rings. The molecule has 3 heterocycles. The van der Waals surface area contributed by atoms with Gasteiger partial charge in [0, 0.05) is 23.9 Å². The number of hydrogen-bond donors (Lipinski definition) is 0. The van der Waals surface area contributed by atoms with E-state index in [1.54, 1.807) is 0 Å². The van der Waals surface area contributed by atoms with E-state index < -0.39 is 0 Å². The van der Waals surface area contributed by atoms with Gasteiger partial charge in [0.2, 0.25) is 5.95 Å². The molecule has 1 aliphatic heterocycles. The van der Waals surface area contributed by atoms with Gasteiger partial charge in [0.05, 0.1) is 6.61 Å². The Hall–Kier alpha value is -3.93. The van der Waals surface area contributed by atoms with Crippen molar-refractivity contribution in [2.45, 2.75) is 39.0 Å². The second-order valence-electron chi connectivity index (χ2n) is 9.04. The van der Waals surface area contributed by atoms with Gasteiger partial charge in [-0.2, -0.15) is 15.0 Å². The van der Waals surface area contributed by atoms with Crippen LogP contribution in [0.25, 0.3) is 21.9 Å². The maximum Gasteiger partial charge on any atom is 0.321 e. The summed E-state index contributed by atoms with van der Waals surface area (Å²) in [5, 5.41) is 2.39. The molecule has 1 saturated heterocycles. The van der Waals surface area contributed by atoms with Crippen LogP contribution < -0.4 is 9.64 Å². The van der Waals surface area contributed by atoms with Gasteiger partial charge in [-0.15, -0.1) is 0 Å². The summed E-state index contributed by atoms with van der Waals surface area (Å²) in [6, 6.07) is 27.1. The second kappa shape index (κ2) is 11.7. The summed E-state index contributed by atoms with van der Waals surface area (Å²) >= 11 is 0. The number of rotatable bonds is 6. The maximum atomic E-state index is 5.75. The number of piperidine rings is 1. The second-order valence-corrected chi connectivity index (χ2v) is 9.04. The zero-order valence-electron chi connectivity index (χ0n) is 20.8. The summed E-state index contributed by atoms with van der Waals surface area (Å²) in [6.07, 6.45) is 5.66. The molecule has 1 aliphatic rings. The molecule has 6 rings (SSSR count). The molecule has 1 fully saturated rings.